The largest absolute Gasteiger partial charge is 0.493 e. The van der Waals surface area contributed by atoms with Crippen LogP contribution in [-0.4, -0.2) is 56.2 Å². The Balaban J connectivity index is 1.73. The highest BCUT2D eigenvalue weighted by Gasteiger charge is 2.24. The van der Waals surface area contributed by atoms with E-state index < -0.39 is 0 Å². The third kappa shape index (κ3) is 5.85. The first-order valence-electron chi connectivity index (χ1n) is 8.72. The maximum absolute atomic E-state index is 12.3. The summed E-state index contributed by atoms with van der Waals surface area (Å²) < 4.78 is 10.8. The number of hydrogen-bond donors (Lipinski definition) is 2. The van der Waals surface area contributed by atoms with E-state index in [1.165, 1.54) is 0 Å². The summed E-state index contributed by atoms with van der Waals surface area (Å²) in [5, 5.41) is 5.75. The number of nitrogens with one attached hydrogen (secondary N) is 2. The van der Waals surface area contributed by atoms with Gasteiger partial charge in [-0.2, -0.15) is 0 Å². The summed E-state index contributed by atoms with van der Waals surface area (Å²) in [5.41, 5.74) is 0. The molecule has 1 aromatic rings. The van der Waals surface area contributed by atoms with Crippen molar-refractivity contribution in [2.75, 3.05) is 33.4 Å². The highest BCUT2D eigenvalue weighted by atomic mass is 16.5. The van der Waals surface area contributed by atoms with Crippen molar-refractivity contribution in [3.63, 3.8) is 0 Å². The number of nitrogens with zero attached hydrogens (tertiary/aromatic N) is 1. The van der Waals surface area contributed by atoms with E-state index in [1.807, 2.05) is 19.1 Å². The maximum atomic E-state index is 12.3. The Morgan fingerprint density at radius 2 is 1.88 bits per heavy atom. The summed E-state index contributed by atoms with van der Waals surface area (Å²) in [4.78, 5) is 25.7. The van der Waals surface area contributed by atoms with Crippen LogP contribution >= 0.6 is 0 Å². The molecule has 1 heterocycles. The second kappa shape index (κ2) is 9.76. The summed E-state index contributed by atoms with van der Waals surface area (Å²) in [6, 6.07) is 7.23. The molecule has 1 aliphatic heterocycles. The molecule has 0 saturated carbocycles. The van der Waals surface area contributed by atoms with Gasteiger partial charge in [0.1, 0.15) is 0 Å². The number of para-hydroxylation sites is 2. The number of amides is 3. The molecule has 25 heavy (non-hydrogen) atoms. The first kappa shape index (κ1) is 18.9. The number of benzene rings is 1. The molecule has 2 rings (SSSR count). The number of likely N-dealkylation sites (tertiary alicyclic amines) is 1. The van der Waals surface area contributed by atoms with E-state index in [2.05, 4.69) is 10.6 Å². The van der Waals surface area contributed by atoms with Crippen molar-refractivity contribution in [2.45, 2.75) is 32.2 Å². The Bertz CT molecular complexity index is 571. The van der Waals surface area contributed by atoms with E-state index in [0.717, 1.165) is 19.3 Å². The maximum Gasteiger partial charge on any atom is 0.315 e. The lowest BCUT2D eigenvalue weighted by molar-refractivity contribution is -0.134. The van der Waals surface area contributed by atoms with Gasteiger partial charge in [-0.1, -0.05) is 19.1 Å². The van der Waals surface area contributed by atoms with Gasteiger partial charge in [0.05, 0.1) is 7.11 Å². The zero-order valence-electron chi connectivity index (χ0n) is 14.9. The number of ether oxygens (including phenoxy) is 2. The third-order valence-electron chi connectivity index (χ3n) is 4.14. The van der Waals surface area contributed by atoms with E-state index in [1.54, 1.807) is 24.1 Å². The molecule has 1 aliphatic rings. The van der Waals surface area contributed by atoms with Crippen LogP contribution in [0.15, 0.2) is 24.3 Å². The van der Waals surface area contributed by atoms with E-state index in [0.29, 0.717) is 31.1 Å². The lowest BCUT2D eigenvalue weighted by Gasteiger charge is -2.32. The summed E-state index contributed by atoms with van der Waals surface area (Å²) in [7, 11) is 1.57. The van der Waals surface area contributed by atoms with Crippen LogP contribution in [0.2, 0.25) is 0 Å². The summed E-state index contributed by atoms with van der Waals surface area (Å²) in [6.07, 6.45) is 2.41. The predicted octanol–water partition coefficient (Wildman–Crippen LogP) is 1.77. The van der Waals surface area contributed by atoms with E-state index >= 15 is 0 Å². The molecule has 1 fully saturated rings. The number of methoxy groups -OCH3 is 1. The number of urea groups is 1. The topological polar surface area (TPSA) is 79.9 Å². The molecule has 2 N–H and O–H groups in total. The van der Waals surface area contributed by atoms with Crippen LogP contribution in [0.25, 0.3) is 0 Å². The lowest BCUT2D eigenvalue weighted by Crippen LogP contribution is -2.49. The zero-order valence-corrected chi connectivity index (χ0v) is 14.9. The van der Waals surface area contributed by atoms with Crippen LogP contribution in [0.4, 0.5) is 4.79 Å². The number of carbonyl (C=O) groups is 2. The Morgan fingerprint density at radius 3 is 2.52 bits per heavy atom. The minimum absolute atomic E-state index is 0.0184. The van der Waals surface area contributed by atoms with Crippen molar-refractivity contribution in [3.8, 4) is 11.5 Å². The lowest BCUT2D eigenvalue weighted by atomic mass is 10.1. The van der Waals surface area contributed by atoms with Crippen LogP contribution in [0.5, 0.6) is 11.5 Å². The Labute approximate surface area is 148 Å². The van der Waals surface area contributed by atoms with Crippen LogP contribution in [0.1, 0.15) is 26.2 Å². The highest BCUT2D eigenvalue weighted by molar-refractivity contribution is 5.78. The number of piperidine rings is 1. The van der Waals surface area contributed by atoms with Gasteiger partial charge in [0.2, 0.25) is 0 Å². The molecule has 0 aliphatic carbocycles. The van der Waals surface area contributed by atoms with Crippen molar-refractivity contribution in [1.29, 1.82) is 0 Å². The second-order valence-corrected chi connectivity index (χ2v) is 5.99. The zero-order chi connectivity index (χ0) is 18.1. The van der Waals surface area contributed by atoms with Crippen molar-refractivity contribution in [3.05, 3.63) is 24.3 Å². The fourth-order valence-corrected chi connectivity index (χ4v) is 2.72. The van der Waals surface area contributed by atoms with Crippen LogP contribution < -0.4 is 20.1 Å². The molecule has 7 heteroatoms. The number of hydrogen-bond acceptors (Lipinski definition) is 4. The molecular formula is C18H27N3O4. The SMILES string of the molecule is CCCNC(=O)NC1CCN(C(=O)COc2ccccc2OC)CC1. The summed E-state index contributed by atoms with van der Waals surface area (Å²) in [6.45, 7) is 3.90. The molecule has 0 bridgehead atoms. The van der Waals surface area contributed by atoms with Crippen LogP contribution in [0, 0.1) is 0 Å². The Morgan fingerprint density at radius 1 is 1.20 bits per heavy atom. The molecule has 0 aromatic heterocycles. The van der Waals surface area contributed by atoms with Gasteiger partial charge in [-0.15, -0.1) is 0 Å². The Hall–Kier alpha value is -2.44. The first-order chi connectivity index (χ1) is 12.1. The van der Waals surface area contributed by atoms with E-state index in [9.17, 15) is 9.59 Å². The number of rotatable bonds is 7. The van der Waals surface area contributed by atoms with Gasteiger partial charge in [-0.05, 0) is 31.4 Å². The molecule has 1 aromatic carbocycles. The average Bonchev–Trinajstić information content (AvgIpc) is 2.65. The molecule has 0 spiro atoms. The van der Waals surface area contributed by atoms with Gasteiger partial charge in [-0.3, -0.25) is 4.79 Å². The molecule has 7 nitrogen and oxygen atoms in total. The molecule has 1 saturated heterocycles. The van der Waals surface area contributed by atoms with Crippen LogP contribution in [-0.2, 0) is 4.79 Å². The van der Waals surface area contributed by atoms with Gasteiger partial charge in [0.25, 0.3) is 5.91 Å². The third-order valence-corrected chi connectivity index (χ3v) is 4.14. The van der Waals surface area contributed by atoms with Crippen LogP contribution in [0.3, 0.4) is 0 Å². The summed E-state index contributed by atoms with van der Waals surface area (Å²) >= 11 is 0. The molecule has 0 unspecified atom stereocenters. The van der Waals surface area contributed by atoms with E-state index in [-0.39, 0.29) is 24.6 Å². The van der Waals surface area contributed by atoms with Gasteiger partial charge >= 0.3 is 6.03 Å². The van der Waals surface area contributed by atoms with Crippen molar-refractivity contribution >= 4 is 11.9 Å². The average molecular weight is 349 g/mol. The first-order valence-corrected chi connectivity index (χ1v) is 8.72. The minimum atomic E-state index is -0.133. The Kier molecular flexibility index (Phi) is 7.37. The number of carbonyl (C=O) groups excluding carboxylic acids is 2. The van der Waals surface area contributed by atoms with Crippen molar-refractivity contribution < 1.29 is 19.1 Å². The monoisotopic (exact) mass is 349 g/mol. The predicted molar refractivity (Wildman–Crippen MR) is 94.9 cm³/mol. The standard InChI is InChI=1S/C18H27N3O4/c1-3-10-19-18(23)20-14-8-11-21(12-9-14)17(22)13-25-16-7-5-4-6-15(16)24-2/h4-7,14H,3,8-13H2,1-2H3,(H2,19,20,23). The molecule has 0 atom stereocenters. The molecule has 138 valence electrons. The summed E-state index contributed by atoms with van der Waals surface area (Å²) in [5.74, 6) is 1.11. The van der Waals surface area contributed by atoms with Gasteiger partial charge < -0.3 is 25.0 Å². The smallest absolute Gasteiger partial charge is 0.315 e. The molecule has 3 amide bonds. The van der Waals surface area contributed by atoms with Gasteiger partial charge in [0, 0.05) is 25.7 Å². The fraction of sp³-hybridized carbons (Fsp3) is 0.556. The highest BCUT2D eigenvalue weighted by Crippen LogP contribution is 2.25. The minimum Gasteiger partial charge on any atom is -0.493 e. The fourth-order valence-electron chi connectivity index (χ4n) is 2.72. The quantitative estimate of drug-likeness (QED) is 0.786. The molecular weight excluding hydrogens is 322 g/mol. The van der Waals surface area contributed by atoms with Gasteiger partial charge in [-0.25, -0.2) is 4.79 Å². The van der Waals surface area contributed by atoms with Crippen molar-refractivity contribution in [2.24, 2.45) is 0 Å². The molecule has 0 radical (unpaired) electrons. The van der Waals surface area contributed by atoms with Crippen molar-refractivity contribution in [1.82, 2.24) is 15.5 Å². The van der Waals surface area contributed by atoms with E-state index in [4.69, 9.17) is 9.47 Å². The normalized spacial score (nSPS) is 14.7. The van der Waals surface area contributed by atoms with Gasteiger partial charge in [0.15, 0.2) is 18.1 Å². The second-order valence-electron chi connectivity index (χ2n) is 5.99.